The third-order valence-electron chi connectivity index (χ3n) is 4.13. The van der Waals surface area contributed by atoms with Gasteiger partial charge in [0.1, 0.15) is 5.82 Å². The predicted molar refractivity (Wildman–Crippen MR) is 75.7 cm³/mol. The highest BCUT2D eigenvalue weighted by Crippen LogP contribution is 2.35. The normalized spacial score (nSPS) is 17.7. The number of amides is 1. The first-order chi connectivity index (χ1) is 9.56. The average Bonchev–Trinajstić information content (AvgIpc) is 2.48. The van der Waals surface area contributed by atoms with Crippen molar-refractivity contribution in [2.24, 2.45) is 5.41 Å². The van der Waals surface area contributed by atoms with Crippen LogP contribution in [-0.2, 0) is 0 Å². The average molecular weight is 280 g/mol. The van der Waals surface area contributed by atoms with Crippen molar-refractivity contribution in [2.75, 3.05) is 18.9 Å². The van der Waals surface area contributed by atoms with E-state index in [9.17, 15) is 14.3 Å². The number of hydrogen-bond donors (Lipinski definition) is 3. The van der Waals surface area contributed by atoms with E-state index in [-0.39, 0.29) is 29.2 Å². The number of anilines is 1. The molecule has 20 heavy (non-hydrogen) atoms. The van der Waals surface area contributed by atoms with E-state index in [1.165, 1.54) is 18.6 Å². The molecule has 1 aromatic carbocycles. The molecule has 0 unspecified atom stereocenters. The van der Waals surface area contributed by atoms with Crippen molar-refractivity contribution in [2.45, 2.75) is 32.1 Å². The Bertz CT molecular complexity index is 485. The molecule has 5 heteroatoms. The largest absolute Gasteiger partial charge is 0.398 e. The van der Waals surface area contributed by atoms with Crippen LogP contribution in [0.4, 0.5) is 10.1 Å². The van der Waals surface area contributed by atoms with Crippen molar-refractivity contribution in [3.8, 4) is 0 Å². The Labute approximate surface area is 118 Å². The summed E-state index contributed by atoms with van der Waals surface area (Å²) in [4.78, 5) is 12.1. The quantitative estimate of drug-likeness (QED) is 0.739. The van der Waals surface area contributed by atoms with E-state index in [2.05, 4.69) is 5.32 Å². The number of carbonyl (C=O) groups excluding carboxylic acids is 1. The summed E-state index contributed by atoms with van der Waals surface area (Å²) >= 11 is 0. The van der Waals surface area contributed by atoms with Gasteiger partial charge in [0.15, 0.2) is 0 Å². The van der Waals surface area contributed by atoms with Gasteiger partial charge in [0.2, 0.25) is 0 Å². The molecule has 110 valence electrons. The molecule has 2 rings (SSSR count). The first-order valence-corrected chi connectivity index (χ1v) is 7.00. The molecular formula is C15H21FN2O2. The number of aliphatic hydroxyl groups excluding tert-OH is 1. The number of benzene rings is 1. The van der Waals surface area contributed by atoms with Crippen LogP contribution >= 0.6 is 0 Å². The van der Waals surface area contributed by atoms with E-state index in [1.54, 1.807) is 0 Å². The van der Waals surface area contributed by atoms with Crippen molar-refractivity contribution >= 4 is 11.6 Å². The third kappa shape index (κ3) is 3.28. The Morgan fingerprint density at radius 3 is 2.70 bits per heavy atom. The van der Waals surface area contributed by atoms with Gasteiger partial charge in [-0.05, 0) is 31.0 Å². The summed E-state index contributed by atoms with van der Waals surface area (Å²) in [5, 5.41) is 12.4. The highest BCUT2D eigenvalue weighted by Gasteiger charge is 2.31. The maximum atomic E-state index is 13.2. The van der Waals surface area contributed by atoms with E-state index in [0.717, 1.165) is 31.7 Å². The number of hydrogen-bond acceptors (Lipinski definition) is 3. The number of nitrogens with one attached hydrogen (secondary N) is 1. The van der Waals surface area contributed by atoms with Gasteiger partial charge in [-0.25, -0.2) is 4.39 Å². The third-order valence-corrected chi connectivity index (χ3v) is 4.13. The number of rotatable bonds is 4. The SMILES string of the molecule is Nc1ccc(F)cc1C(=O)NCC1(CO)CCCCC1. The van der Waals surface area contributed by atoms with Gasteiger partial charge in [-0.15, -0.1) is 0 Å². The summed E-state index contributed by atoms with van der Waals surface area (Å²) in [6.07, 6.45) is 5.12. The second-order valence-corrected chi connectivity index (χ2v) is 5.63. The minimum absolute atomic E-state index is 0.0614. The number of nitrogens with two attached hydrogens (primary N) is 1. The lowest BCUT2D eigenvalue weighted by atomic mass is 9.74. The van der Waals surface area contributed by atoms with Crippen molar-refractivity contribution in [1.29, 1.82) is 0 Å². The number of nitrogen functional groups attached to an aromatic ring is 1. The van der Waals surface area contributed by atoms with Gasteiger partial charge >= 0.3 is 0 Å². The lowest BCUT2D eigenvalue weighted by Crippen LogP contribution is -2.41. The van der Waals surface area contributed by atoms with Crippen LogP contribution in [0.2, 0.25) is 0 Å². The Kier molecular flexibility index (Phi) is 4.60. The standard InChI is InChI=1S/C15H21FN2O2/c16-11-4-5-13(17)12(8-11)14(20)18-9-15(10-19)6-2-1-3-7-15/h4-5,8,19H,1-3,6-7,9-10,17H2,(H,18,20). The van der Waals surface area contributed by atoms with Crippen LogP contribution in [0, 0.1) is 11.2 Å². The summed E-state index contributed by atoms with van der Waals surface area (Å²) in [5.74, 6) is -0.876. The zero-order valence-corrected chi connectivity index (χ0v) is 11.5. The molecule has 1 aliphatic rings. The van der Waals surface area contributed by atoms with Crippen LogP contribution in [0.25, 0.3) is 0 Å². The summed E-state index contributed by atoms with van der Waals surface area (Å²) in [6.45, 7) is 0.462. The molecular weight excluding hydrogens is 259 g/mol. The van der Waals surface area contributed by atoms with E-state index >= 15 is 0 Å². The molecule has 0 radical (unpaired) electrons. The van der Waals surface area contributed by atoms with Crippen LogP contribution in [-0.4, -0.2) is 24.2 Å². The van der Waals surface area contributed by atoms with Gasteiger partial charge in [-0.1, -0.05) is 19.3 Å². The Hall–Kier alpha value is -1.62. The minimum atomic E-state index is -0.487. The molecule has 0 saturated heterocycles. The summed E-state index contributed by atoms with van der Waals surface area (Å²) < 4.78 is 13.2. The molecule has 0 heterocycles. The Morgan fingerprint density at radius 1 is 1.35 bits per heavy atom. The van der Waals surface area contributed by atoms with Gasteiger partial charge in [-0.3, -0.25) is 4.79 Å². The fourth-order valence-electron chi connectivity index (χ4n) is 2.78. The first kappa shape index (κ1) is 14.8. The number of halogens is 1. The van der Waals surface area contributed by atoms with Crippen molar-refractivity contribution in [3.05, 3.63) is 29.6 Å². The first-order valence-electron chi connectivity index (χ1n) is 7.00. The monoisotopic (exact) mass is 280 g/mol. The fourth-order valence-corrected chi connectivity index (χ4v) is 2.78. The van der Waals surface area contributed by atoms with Crippen molar-refractivity contribution < 1.29 is 14.3 Å². The fraction of sp³-hybridized carbons (Fsp3) is 0.533. The molecule has 0 aliphatic heterocycles. The van der Waals surface area contributed by atoms with Crippen LogP contribution in [0.15, 0.2) is 18.2 Å². The van der Waals surface area contributed by atoms with Crippen molar-refractivity contribution in [1.82, 2.24) is 5.32 Å². The van der Waals surface area contributed by atoms with Crippen LogP contribution < -0.4 is 11.1 Å². The van der Waals surface area contributed by atoms with E-state index in [0.29, 0.717) is 6.54 Å². The van der Waals surface area contributed by atoms with Crippen LogP contribution in [0.5, 0.6) is 0 Å². The summed E-state index contributed by atoms with van der Waals surface area (Å²) in [5.41, 5.74) is 5.85. The van der Waals surface area contributed by atoms with E-state index in [4.69, 9.17) is 5.73 Å². The molecule has 4 N–H and O–H groups in total. The highest BCUT2D eigenvalue weighted by atomic mass is 19.1. The van der Waals surface area contributed by atoms with Gasteiger partial charge in [0.05, 0.1) is 12.2 Å². The molecule has 1 aromatic rings. The van der Waals surface area contributed by atoms with Gasteiger partial charge in [0, 0.05) is 17.6 Å². The zero-order chi connectivity index (χ0) is 14.6. The van der Waals surface area contributed by atoms with Gasteiger partial charge < -0.3 is 16.2 Å². The molecule has 1 amide bonds. The van der Waals surface area contributed by atoms with E-state index in [1.807, 2.05) is 0 Å². The molecule has 1 fully saturated rings. The lowest BCUT2D eigenvalue weighted by Gasteiger charge is -2.35. The second-order valence-electron chi connectivity index (χ2n) is 5.63. The molecule has 0 aromatic heterocycles. The molecule has 4 nitrogen and oxygen atoms in total. The number of aliphatic hydroxyl groups is 1. The van der Waals surface area contributed by atoms with Crippen LogP contribution in [0.3, 0.4) is 0 Å². The molecule has 0 spiro atoms. The molecule has 0 atom stereocenters. The summed E-state index contributed by atoms with van der Waals surface area (Å²) in [7, 11) is 0. The van der Waals surface area contributed by atoms with Crippen LogP contribution in [0.1, 0.15) is 42.5 Å². The van der Waals surface area contributed by atoms with E-state index < -0.39 is 5.82 Å². The topological polar surface area (TPSA) is 75.4 Å². The highest BCUT2D eigenvalue weighted by molar-refractivity contribution is 5.99. The van der Waals surface area contributed by atoms with Gasteiger partial charge in [0.25, 0.3) is 5.91 Å². The number of carbonyl (C=O) groups is 1. The van der Waals surface area contributed by atoms with Crippen molar-refractivity contribution in [3.63, 3.8) is 0 Å². The van der Waals surface area contributed by atoms with Gasteiger partial charge in [-0.2, -0.15) is 0 Å². The summed E-state index contributed by atoms with van der Waals surface area (Å²) in [6, 6.07) is 3.74. The molecule has 1 saturated carbocycles. The molecule has 1 aliphatic carbocycles. The maximum Gasteiger partial charge on any atom is 0.253 e. The Morgan fingerprint density at radius 2 is 2.05 bits per heavy atom. The lowest BCUT2D eigenvalue weighted by molar-refractivity contribution is 0.0718. The second kappa shape index (κ2) is 6.22. The smallest absolute Gasteiger partial charge is 0.253 e. The minimum Gasteiger partial charge on any atom is -0.398 e. The molecule has 0 bridgehead atoms. The predicted octanol–water partition coefficient (Wildman–Crippen LogP) is 2.08. The maximum absolute atomic E-state index is 13.2. The Balaban J connectivity index is 2.02. The zero-order valence-electron chi connectivity index (χ0n) is 11.5.